The van der Waals surface area contributed by atoms with Crippen molar-refractivity contribution in [3.8, 4) is 0 Å². The summed E-state index contributed by atoms with van der Waals surface area (Å²) in [6, 6.07) is 13.3. The molecule has 130 valence electrons. The van der Waals surface area contributed by atoms with Crippen LogP contribution in [0.1, 0.15) is 44.7 Å². The van der Waals surface area contributed by atoms with Gasteiger partial charge in [0, 0.05) is 29.7 Å². The Morgan fingerprint density at radius 3 is 2.50 bits per heavy atom. The van der Waals surface area contributed by atoms with E-state index in [1.165, 1.54) is 4.90 Å². The summed E-state index contributed by atoms with van der Waals surface area (Å²) in [5.41, 5.74) is 2.31. The van der Waals surface area contributed by atoms with Crippen LogP contribution in [0.15, 0.2) is 48.5 Å². The van der Waals surface area contributed by atoms with Gasteiger partial charge in [-0.25, -0.2) is 0 Å². The van der Waals surface area contributed by atoms with Gasteiger partial charge >= 0.3 is 0 Å². The molecule has 1 unspecified atom stereocenters. The Labute approximate surface area is 149 Å². The van der Waals surface area contributed by atoms with Crippen LogP contribution in [0.25, 0.3) is 0 Å². The molecular weight excluding hydrogens is 332 g/mol. The van der Waals surface area contributed by atoms with Crippen LogP contribution in [0.2, 0.25) is 0 Å². The molecule has 26 heavy (non-hydrogen) atoms. The van der Waals surface area contributed by atoms with Gasteiger partial charge in [-0.15, -0.1) is 0 Å². The van der Waals surface area contributed by atoms with Gasteiger partial charge in [0.2, 0.25) is 11.8 Å². The molecule has 0 bridgehead atoms. The smallest absolute Gasteiger partial charge is 0.255 e. The van der Waals surface area contributed by atoms with E-state index in [4.69, 9.17) is 0 Å². The predicted molar refractivity (Wildman–Crippen MR) is 92.4 cm³/mol. The van der Waals surface area contributed by atoms with Crippen LogP contribution in [-0.4, -0.2) is 34.4 Å². The predicted octanol–water partition coefficient (Wildman–Crippen LogP) is 1.68. The SMILES string of the molecule is O=C1CCC(N2Cc3cc(C(=O)c4ccccc4)ccc3C2=O)C(=O)N1. The molecular formula is C20H16N2O4. The van der Waals surface area contributed by atoms with E-state index < -0.39 is 11.9 Å². The van der Waals surface area contributed by atoms with E-state index in [9.17, 15) is 19.2 Å². The third-order valence-electron chi connectivity index (χ3n) is 4.82. The van der Waals surface area contributed by atoms with Gasteiger partial charge in [-0.05, 0) is 24.1 Å². The molecule has 6 nitrogen and oxygen atoms in total. The lowest BCUT2D eigenvalue weighted by molar-refractivity contribution is -0.136. The largest absolute Gasteiger partial charge is 0.322 e. The molecule has 3 amide bonds. The topological polar surface area (TPSA) is 83.6 Å². The number of rotatable bonds is 3. The van der Waals surface area contributed by atoms with E-state index in [1.807, 2.05) is 6.07 Å². The number of carbonyl (C=O) groups excluding carboxylic acids is 4. The van der Waals surface area contributed by atoms with Gasteiger partial charge in [-0.2, -0.15) is 0 Å². The molecule has 0 spiro atoms. The van der Waals surface area contributed by atoms with Crippen LogP contribution in [-0.2, 0) is 16.1 Å². The summed E-state index contributed by atoms with van der Waals surface area (Å²) in [6.45, 7) is 0.260. The lowest BCUT2D eigenvalue weighted by Crippen LogP contribution is -2.52. The normalized spacial score (nSPS) is 19.3. The molecule has 0 saturated carbocycles. The van der Waals surface area contributed by atoms with E-state index in [0.717, 1.165) is 5.56 Å². The van der Waals surface area contributed by atoms with Crippen molar-refractivity contribution in [2.75, 3.05) is 0 Å². The first-order chi connectivity index (χ1) is 12.5. The number of benzene rings is 2. The zero-order valence-corrected chi connectivity index (χ0v) is 13.9. The highest BCUT2D eigenvalue weighted by atomic mass is 16.2. The minimum atomic E-state index is -0.652. The monoisotopic (exact) mass is 348 g/mol. The summed E-state index contributed by atoms with van der Waals surface area (Å²) in [5.74, 6) is -1.11. The standard InChI is InChI=1S/C20H16N2O4/c23-17-9-8-16(19(25)21-17)22-11-14-10-13(6-7-15(14)20(22)26)18(24)12-4-2-1-3-5-12/h1-7,10,16H,8-9,11H2,(H,21,23,25). The van der Waals surface area contributed by atoms with Crippen LogP contribution in [0.3, 0.4) is 0 Å². The first kappa shape index (κ1) is 16.2. The number of imide groups is 1. The molecule has 4 rings (SSSR count). The lowest BCUT2D eigenvalue weighted by Gasteiger charge is -2.29. The molecule has 1 atom stereocenters. The van der Waals surface area contributed by atoms with Crippen LogP contribution >= 0.6 is 0 Å². The second-order valence-corrected chi connectivity index (χ2v) is 6.47. The van der Waals surface area contributed by atoms with E-state index in [0.29, 0.717) is 23.1 Å². The molecule has 0 aromatic heterocycles. The summed E-state index contributed by atoms with van der Waals surface area (Å²) in [5, 5.41) is 2.28. The van der Waals surface area contributed by atoms with Gasteiger partial charge in [-0.3, -0.25) is 24.5 Å². The van der Waals surface area contributed by atoms with Crippen molar-refractivity contribution in [1.29, 1.82) is 0 Å². The quantitative estimate of drug-likeness (QED) is 0.676. The maximum Gasteiger partial charge on any atom is 0.255 e. The second-order valence-electron chi connectivity index (χ2n) is 6.47. The van der Waals surface area contributed by atoms with Crippen LogP contribution in [0, 0.1) is 0 Å². The van der Waals surface area contributed by atoms with Gasteiger partial charge < -0.3 is 4.90 Å². The molecule has 0 radical (unpaired) electrons. The Morgan fingerprint density at radius 1 is 1.00 bits per heavy atom. The number of nitrogens with zero attached hydrogens (tertiary/aromatic N) is 1. The zero-order chi connectivity index (χ0) is 18.3. The first-order valence-corrected chi connectivity index (χ1v) is 8.42. The number of carbonyl (C=O) groups is 4. The fraction of sp³-hybridized carbons (Fsp3) is 0.200. The van der Waals surface area contributed by atoms with Crippen LogP contribution < -0.4 is 5.32 Å². The summed E-state index contributed by atoms with van der Waals surface area (Å²) in [7, 11) is 0. The molecule has 2 aromatic carbocycles. The van der Waals surface area contributed by atoms with Gasteiger partial charge in [0.05, 0.1) is 0 Å². The van der Waals surface area contributed by atoms with Crippen molar-refractivity contribution in [3.63, 3.8) is 0 Å². The number of piperidine rings is 1. The minimum absolute atomic E-state index is 0.111. The number of amides is 3. The second kappa shape index (κ2) is 6.22. The Bertz CT molecular complexity index is 936. The summed E-state index contributed by atoms with van der Waals surface area (Å²) >= 11 is 0. The Balaban J connectivity index is 1.60. The molecule has 1 N–H and O–H groups in total. The minimum Gasteiger partial charge on any atom is -0.322 e. The van der Waals surface area contributed by atoms with Crippen molar-refractivity contribution in [1.82, 2.24) is 10.2 Å². The van der Waals surface area contributed by atoms with Crippen molar-refractivity contribution in [2.24, 2.45) is 0 Å². The fourth-order valence-electron chi connectivity index (χ4n) is 3.47. The van der Waals surface area contributed by atoms with Gasteiger partial charge in [-0.1, -0.05) is 36.4 Å². The van der Waals surface area contributed by atoms with Crippen LogP contribution in [0.5, 0.6) is 0 Å². The number of hydrogen-bond acceptors (Lipinski definition) is 4. The van der Waals surface area contributed by atoms with Crippen molar-refractivity contribution < 1.29 is 19.2 Å². The van der Waals surface area contributed by atoms with Crippen molar-refractivity contribution >= 4 is 23.5 Å². The molecule has 2 aliphatic heterocycles. The third kappa shape index (κ3) is 2.69. The van der Waals surface area contributed by atoms with Crippen LogP contribution in [0.4, 0.5) is 0 Å². The Hall–Kier alpha value is -3.28. The summed E-state index contributed by atoms with van der Waals surface area (Å²) in [4.78, 5) is 50.1. The van der Waals surface area contributed by atoms with E-state index in [-0.39, 0.29) is 30.6 Å². The molecule has 1 fully saturated rings. The summed E-state index contributed by atoms with van der Waals surface area (Å²) < 4.78 is 0. The highest BCUT2D eigenvalue weighted by Crippen LogP contribution is 2.28. The Kier molecular flexibility index (Phi) is 3.88. The average molecular weight is 348 g/mol. The number of nitrogens with one attached hydrogen (secondary N) is 1. The lowest BCUT2D eigenvalue weighted by atomic mass is 9.99. The fourth-order valence-corrected chi connectivity index (χ4v) is 3.47. The maximum absolute atomic E-state index is 12.7. The van der Waals surface area contributed by atoms with Gasteiger partial charge in [0.1, 0.15) is 6.04 Å². The molecule has 0 aliphatic carbocycles. The molecule has 2 heterocycles. The maximum atomic E-state index is 12.7. The van der Waals surface area contributed by atoms with E-state index in [1.54, 1.807) is 42.5 Å². The third-order valence-corrected chi connectivity index (χ3v) is 4.82. The summed E-state index contributed by atoms with van der Waals surface area (Å²) in [6.07, 6.45) is 0.536. The first-order valence-electron chi connectivity index (χ1n) is 8.42. The molecule has 6 heteroatoms. The number of hydrogen-bond donors (Lipinski definition) is 1. The van der Waals surface area contributed by atoms with Crippen molar-refractivity contribution in [3.05, 3.63) is 70.8 Å². The molecule has 2 aromatic rings. The zero-order valence-electron chi connectivity index (χ0n) is 13.9. The highest BCUT2D eigenvalue weighted by Gasteiger charge is 2.39. The number of fused-ring (bicyclic) bond motifs is 1. The van der Waals surface area contributed by atoms with E-state index >= 15 is 0 Å². The molecule has 2 aliphatic rings. The Morgan fingerprint density at radius 2 is 1.77 bits per heavy atom. The van der Waals surface area contributed by atoms with Crippen molar-refractivity contribution in [2.45, 2.75) is 25.4 Å². The van der Waals surface area contributed by atoms with Gasteiger partial charge in [0.15, 0.2) is 5.78 Å². The van der Waals surface area contributed by atoms with Gasteiger partial charge in [0.25, 0.3) is 5.91 Å². The highest BCUT2D eigenvalue weighted by molar-refractivity contribution is 6.10. The average Bonchev–Trinajstić information content (AvgIpc) is 2.98. The van der Waals surface area contributed by atoms with E-state index in [2.05, 4.69) is 5.32 Å². The molecule has 1 saturated heterocycles. The number of ketones is 1.